The molecule has 1 aromatic heterocycles. The topological polar surface area (TPSA) is 19.4 Å². The fourth-order valence-corrected chi connectivity index (χ4v) is 2.93. The molecule has 1 aliphatic rings. The fraction of sp³-hybridized carbons (Fsp3) is 0.643. The highest BCUT2D eigenvalue weighted by Crippen LogP contribution is 2.34. The van der Waals surface area contributed by atoms with Crippen molar-refractivity contribution in [1.82, 2.24) is 9.88 Å². The zero-order valence-corrected chi connectivity index (χ0v) is 13.0. The molecular formula is C14H19ClF3N3. The van der Waals surface area contributed by atoms with Crippen LogP contribution in [0.25, 0.3) is 0 Å². The number of piperidine rings is 1. The number of anilines is 1. The Morgan fingerprint density at radius 1 is 1.43 bits per heavy atom. The van der Waals surface area contributed by atoms with Crippen molar-refractivity contribution in [2.45, 2.75) is 38.0 Å². The van der Waals surface area contributed by atoms with Gasteiger partial charge in [0, 0.05) is 31.9 Å². The Morgan fingerprint density at radius 2 is 2.10 bits per heavy atom. The summed E-state index contributed by atoms with van der Waals surface area (Å²) >= 11 is 6.00. The van der Waals surface area contributed by atoms with E-state index in [0.717, 1.165) is 31.6 Å². The van der Waals surface area contributed by atoms with Crippen LogP contribution in [-0.2, 0) is 6.18 Å². The number of rotatable bonds is 2. The fourth-order valence-electron chi connectivity index (χ4n) is 2.63. The van der Waals surface area contributed by atoms with Gasteiger partial charge in [0.15, 0.2) is 0 Å². The van der Waals surface area contributed by atoms with Gasteiger partial charge in [-0.1, -0.05) is 11.6 Å². The van der Waals surface area contributed by atoms with Gasteiger partial charge in [-0.2, -0.15) is 13.2 Å². The van der Waals surface area contributed by atoms with Crippen LogP contribution >= 0.6 is 11.6 Å². The summed E-state index contributed by atoms with van der Waals surface area (Å²) in [5, 5.41) is 0.0407. The van der Waals surface area contributed by atoms with Gasteiger partial charge < -0.3 is 9.80 Å². The Morgan fingerprint density at radius 3 is 2.62 bits per heavy atom. The second kappa shape index (κ2) is 6.01. The van der Waals surface area contributed by atoms with Crippen molar-refractivity contribution in [3.63, 3.8) is 0 Å². The third-order valence-electron chi connectivity index (χ3n) is 4.21. The molecule has 0 N–H and O–H groups in total. The third-order valence-corrected chi connectivity index (χ3v) is 4.49. The molecule has 1 saturated heterocycles. The minimum atomic E-state index is -4.42. The smallest absolute Gasteiger partial charge is 0.355 e. The monoisotopic (exact) mass is 321 g/mol. The number of halogens is 4. The molecule has 0 saturated carbocycles. The lowest BCUT2D eigenvalue weighted by atomic mass is 9.98. The summed E-state index contributed by atoms with van der Waals surface area (Å²) in [6.45, 7) is 3.09. The molecule has 2 heterocycles. The molecule has 3 nitrogen and oxygen atoms in total. The molecule has 0 spiro atoms. The van der Waals surface area contributed by atoms with Gasteiger partial charge in [-0.15, -0.1) is 0 Å². The molecule has 2 atom stereocenters. The highest BCUT2D eigenvalue weighted by Gasteiger charge is 2.33. The second-order valence-electron chi connectivity index (χ2n) is 5.65. The van der Waals surface area contributed by atoms with Gasteiger partial charge in [-0.05, 0) is 32.9 Å². The first kappa shape index (κ1) is 16.4. The summed E-state index contributed by atoms with van der Waals surface area (Å²) in [5.41, 5.74) is -0.818. The van der Waals surface area contributed by atoms with Crippen LogP contribution in [0.3, 0.4) is 0 Å². The number of aromatic nitrogens is 1. The maximum atomic E-state index is 12.6. The number of hydrogen-bond acceptors (Lipinski definition) is 3. The van der Waals surface area contributed by atoms with Crippen molar-refractivity contribution in [3.8, 4) is 0 Å². The maximum absolute atomic E-state index is 12.6. The molecule has 21 heavy (non-hydrogen) atoms. The predicted molar refractivity (Wildman–Crippen MR) is 77.8 cm³/mol. The van der Waals surface area contributed by atoms with Crippen LogP contribution in [-0.4, -0.2) is 42.6 Å². The van der Waals surface area contributed by atoms with Crippen LogP contribution in [0.4, 0.5) is 19.0 Å². The van der Waals surface area contributed by atoms with E-state index in [4.69, 9.17) is 11.6 Å². The molecule has 0 radical (unpaired) electrons. The summed E-state index contributed by atoms with van der Waals surface area (Å²) < 4.78 is 37.9. The van der Waals surface area contributed by atoms with Crippen LogP contribution in [0.5, 0.6) is 0 Å². The minimum absolute atomic E-state index is 0.0407. The van der Waals surface area contributed by atoms with Gasteiger partial charge in [0.25, 0.3) is 0 Å². The van der Waals surface area contributed by atoms with Gasteiger partial charge in [0.1, 0.15) is 5.82 Å². The van der Waals surface area contributed by atoms with Gasteiger partial charge in [-0.25, -0.2) is 4.98 Å². The molecule has 1 fully saturated rings. The van der Waals surface area contributed by atoms with Crippen molar-refractivity contribution >= 4 is 17.4 Å². The number of nitrogens with zero attached hydrogens (tertiary/aromatic N) is 3. The van der Waals surface area contributed by atoms with E-state index in [1.807, 2.05) is 11.9 Å². The summed E-state index contributed by atoms with van der Waals surface area (Å²) in [4.78, 5) is 8.09. The van der Waals surface area contributed by atoms with Crippen molar-refractivity contribution in [2.24, 2.45) is 0 Å². The van der Waals surface area contributed by atoms with Gasteiger partial charge in [0.2, 0.25) is 0 Å². The average molecular weight is 322 g/mol. The van der Waals surface area contributed by atoms with E-state index >= 15 is 0 Å². The Kier molecular flexibility index (Phi) is 4.68. The maximum Gasteiger partial charge on any atom is 0.417 e. The van der Waals surface area contributed by atoms with Gasteiger partial charge >= 0.3 is 6.18 Å². The van der Waals surface area contributed by atoms with E-state index in [0.29, 0.717) is 11.9 Å². The normalized spacial score (nSPS) is 24.1. The largest absolute Gasteiger partial charge is 0.417 e. The molecule has 118 valence electrons. The molecule has 0 aliphatic carbocycles. The molecule has 7 heteroatoms. The number of pyridine rings is 1. The zero-order valence-electron chi connectivity index (χ0n) is 12.3. The predicted octanol–water partition coefficient (Wildman–Crippen LogP) is 3.67. The first-order chi connectivity index (χ1) is 9.70. The molecule has 0 bridgehead atoms. The summed E-state index contributed by atoms with van der Waals surface area (Å²) in [5.74, 6) is 0.409. The summed E-state index contributed by atoms with van der Waals surface area (Å²) in [6.07, 6.45) is -1.70. The lowest BCUT2D eigenvalue weighted by molar-refractivity contribution is -0.137. The molecule has 0 aromatic carbocycles. The van der Waals surface area contributed by atoms with Crippen LogP contribution in [0.15, 0.2) is 12.3 Å². The standard InChI is InChI=1S/C14H19ClF3N3/c1-9-6-11(4-5-20(9)2)21(3)13-12(15)7-10(8-19-13)14(16,17)18/h7-9,11H,4-6H2,1-3H3. The summed E-state index contributed by atoms with van der Waals surface area (Å²) in [7, 11) is 3.91. The molecule has 1 aliphatic heterocycles. The van der Waals surface area contributed by atoms with Crippen molar-refractivity contribution in [1.29, 1.82) is 0 Å². The average Bonchev–Trinajstić information content (AvgIpc) is 2.40. The third kappa shape index (κ3) is 3.61. The van der Waals surface area contributed by atoms with Crippen molar-refractivity contribution in [3.05, 3.63) is 22.8 Å². The first-order valence-electron chi connectivity index (χ1n) is 6.86. The first-order valence-corrected chi connectivity index (χ1v) is 7.23. The quantitative estimate of drug-likeness (QED) is 0.828. The Balaban J connectivity index is 2.18. The minimum Gasteiger partial charge on any atom is -0.355 e. The Bertz CT molecular complexity index is 507. The van der Waals surface area contributed by atoms with E-state index < -0.39 is 11.7 Å². The number of hydrogen-bond donors (Lipinski definition) is 0. The van der Waals surface area contributed by atoms with E-state index in [1.54, 1.807) is 0 Å². The Hall–Kier alpha value is -1.01. The second-order valence-corrected chi connectivity index (χ2v) is 6.05. The van der Waals surface area contributed by atoms with E-state index in [-0.39, 0.29) is 11.1 Å². The van der Waals surface area contributed by atoms with Gasteiger partial charge in [0.05, 0.1) is 10.6 Å². The summed E-state index contributed by atoms with van der Waals surface area (Å²) in [6, 6.07) is 1.61. The molecular weight excluding hydrogens is 303 g/mol. The number of alkyl halides is 3. The van der Waals surface area contributed by atoms with Crippen LogP contribution < -0.4 is 4.90 Å². The van der Waals surface area contributed by atoms with Crippen LogP contribution in [0, 0.1) is 0 Å². The highest BCUT2D eigenvalue weighted by molar-refractivity contribution is 6.33. The SMILES string of the molecule is CC1CC(N(C)c2ncc(C(F)(F)F)cc2Cl)CCN1C. The van der Waals surface area contributed by atoms with Crippen LogP contribution in [0.2, 0.25) is 5.02 Å². The lowest BCUT2D eigenvalue weighted by Gasteiger charge is -2.40. The molecule has 1 aromatic rings. The van der Waals surface area contributed by atoms with Crippen molar-refractivity contribution < 1.29 is 13.2 Å². The van der Waals surface area contributed by atoms with Crippen LogP contribution in [0.1, 0.15) is 25.3 Å². The zero-order chi connectivity index (χ0) is 15.8. The number of likely N-dealkylation sites (tertiary alicyclic amines) is 1. The highest BCUT2D eigenvalue weighted by atomic mass is 35.5. The van der Waals surface area contributed by atoms with E-state index in [2.05, 4.69) is 23.9 Å². The Labute approximate surface area is 127 Å². The molecule has 2 rings (SSSR count). The molecule has 0 amide bonds. The van der Waals surface area contributed by atoms with Crippen molar-refractivity contribution in [2.75, 3.05) is 25.5 Å². The van der Waals surface area contributed by atoms with Gasteiger partial charge in [-0.3, -0.25) is 0 Å². The van der Waals surface area contributed by atoms with E-state index in [9.17, 15) is 13.2 Å². The molecule has 2 unspecified atom stereocenters. The lowest BCUT2D eigenvalue weighted by Crippen LogP contribution is -2.46. The van der Waals surface area contributed by atoms with E-state index in [1.165, 1.54) is 0 Å².